The van der Waals surface area contributed by atoms with Crippen molar-refractivity contribution in [2.75, 3.05) is 36.4 Å². The number of aromatic nitrogens is 2. The van der Waals surface area contributed by atoms with Crippen molar-refractivity contribution in [1.82, 2.24) is 14.9 Å². The van der Waals surface area contributed by atoms with Crippen molar-refractivity contribution in [3.63, 3.8) is 0 Å². The second-order valence-electron chi connectivity index (χ2n) is 7.31. The molecular weight excluding hydrogens is 394 g/mol. The van der Waals surface area contributed by atoms with Crippen molar-refractivity contribution >= 4 is 40.6 Å². The fraction of sp³-hybridized carbons (Fsp3) is 0.261. The largest absolute Gasteiger partial charge is 0.353 e. The number of nitrogens with one attached hydrogen (secondary N) is 1. The van der Waals surface area contributed by atoms with Gasteiger partial charge in [0.15, 0.2) is 0 Å². The van der Waals surface area contributed by atoms with Gasteiger partial charge >= 0.3 is 0 Å². The van der Waals surface area contributed by atoms with Crippen molar-refractivity contribution in [3.05, 3.63) is 70.2 Å². The topological polar surface area (TPSA) is 61.4 Å². The lowest BCUT2D eigenvalue weighted by Crippen LogP contribution is -2.48. The first-order valence-corrected chi connectivity index (χ1v) is 10.9. The third-order valence-corrected chi connectivity index (χ3v) is 5.83. The van der Waals surface area contributed by atoms with Gasteiger partial charge < -0.3 is 15.1 Å². The fourth-order valence-electron chi connectivity index (χ4n) is 3.36. The first-order chi connectivity index (χ1) is 14.6. The highest BCUT2D eigenvalue weighted by Crippen LogP contribution is 2.21. The number of aryl methyl sites for hydroxylation is 2. The molecule has 30 heavy (non-hydrogen) atoms. The number of hydrogen-bond donors (Lipinski definition) is 1. The molecule has 0 saturated carbocycles. The van der Waals surface area contributed by atoms with Gasteiger partial charge in [-0.2, -0.15) is 0 Å². The lowest BCUT2D eigenvalue weighted by atomic mass is 10.2. The maximum atomic E-state index is 12.5. The zero-order valence-corrected chi connectivity index (χ0v) is 18.0. The molecule has 0 radical (unpaired) electrons. The summed E-state index contributed by atoms with van der Waals surface area (Å²) in [7, 11) is 0. The van der Waals surface area contributed by atoms with E-state index in [0.29, 0.717) is 13.1 Å². The van der Waals surface area contributed by atoms with Gasteiger partial charge in [-0.15, -0.1) is 11.3 Å². The highest BCUT2D eigenvalue weighted by Gasteiger charge is 2.21. The van der Waals surface area contributed by atoms with Gasteiger partial charge in [0, 0.05) is 48.9 Å². The summed E-state index contributed by atoms with van der Waals surface area (Å²) in [5, 5.41) is 5.37. The third kappa shape index (κ3) is 5.04. The molecule has 1 fully saturated rings. The lowest BCUT2D eigenvalue weighted by Gasteiger charge is -2.35. The van der Waals surface area contributed by atoms with Crippen molar-refractivity contribution in [2.45, 2.75) is 13.8 Å². The monoisotopic (exact) mass is 419 g/mol. The van der Waals surface area contributed by atoms with Crippen LogP contribution in [-0.2, 0) is 4.79 Å². The van der Waals surface area contributed by atoms with Crippen LogP contribution in [0.2, 0.25) is 0 Å². The molecule has 0 bridgehead atoms. The molecule has 4 rings (SSSR count). The predicted octanol–water partition coefficient (Wildman–Crippen LogP) is 4.26. The van der Waals surface area contributed by atoms with Crippen LogP contribution in [0.3, 0.4) is 0 Å². The molecule has 1 amide bonds. The number of thiophene rings is 1. The van der Waals surface area contributed by atoms with Crippen molar-refractivity contribution in [2.24, 2.45) is 0 Å². The molecule has 0 unspecified atom stereocenters. The Labute approximate surface area is 180 Å². The molecule has 3 aromatic rings. The molecular formula is C23H25N5OS. The van der Waals surface area contributed by atoms with E-state index in [1.54, 1.807) is 17.4 Å². The SMILES string of the molecule is Cc1ccc(Nc2cc(N3CCN(C(=O)/C=C/c4cccs4)CC3)nc(C)n2)cc1. The quantitative estimate of drug-likeness (QED) is 0.626. The minimum atomic E-state index is 0.0589. The summed E-state index contributed by atoms with van der Waals surface area (Å²) in [5.74, 6) is 2.44. The smallest absolute Gasteiger partial charge is 0.246 e. The number of amides is 1. The third-order valence-electron chi connectivity index (χ3n) is 5.00. The average Bonchev–Trinajstić information content (AvgIpc) is 3.27. The molecule has 6 nitrogen and oxygen atoms in total. The highest BCUT2D eigenvalue weighted by molar-refractivity contribution is 7.10. The Morgan fingerprint density at radius 2 is 1.83 bits per heavy atom. The number of piperazine rings is 1. The first kappa shape index (κ1) is 20.1. The summed E-state index contributed by atoms with van der Waals surface area (Å²) in [6, 6.07) is 14.2. The standard InChI is InChI=1S/C23H25N5OS/c1-17-5-7-19(8-6-17)26-21-16-22(25-18(2)24-21)27-11-13-28(14-12-27)23(29)10-9-20-4-3-15-30-20/h3-10,15-16H,11-14H2,1-2H3,(H,24,25,26)/b10-9+. The zero-order chi connectivity index (χ0) is 20.9. The molecule has 1 aliphatic heterocycles. The van der Waals surface area contributed by atoms with Gasteiger partial charge in [0.2, 0.25) is 5.91 Å². The van der Waals surface area contributed by atoms with E-state index < -0.39 is 0 Å². The van der Waals surface area contributed by atoms with Crippen LogP contribution in [0.15, 0.2) is 53.9 Å². The maximum absolute atomic E-state index is 12.5. The van der Waals surface area contributed by atoms with Gasteiger partial charge in [0.05, 0.1) is 0 Å². The summed E-state index contributed by atoms with van der Waals surface area (Å²) in [5.41, 5.74) is 2.22. The Morgan fingerprint density at radius 1 is 1.07 bits per heavy atom. The van der Waals surface area contributed by atoms with E-state index in [0.717, 1.165) is 41.1 Å². The van der Waals surface area contributed by atoms with Crippen LogP contribution in [0.1, 0.15) is 16.3 Å². The summed E-state index contributed by atoms with van der Waals surface area (Å²) in [6.07, 6.45) is 3.55. The van der Waals surface area contributed by atoms with Crippen molar-refractivity contribution in [1.29, 1.82) is 0 Å². The molecule has 0 atom stereocenters. The summed E-state index contributed by atoms with van der Waals surface area (Å²) in [4.78, 5) is 26.8. The van der Waals surface area contributed by atoms with E-state index in [2.05, 4.69) is 39.2 Å². The number of benzene rings is 1. The summed E-state index contributed by atoms with van der Waals surface area (Å²) in [6.45, 7) is 6.82. The second-order valence-corrected chi connectivity index (χ2v) is 8.29. The van der Waals surface area contributed by atoms with Gasteiger partial charge in [-0.1, -0.05) is 23.8 Å². The Morgan fingerprint density at radius 3 is 2.53 bits per heavy atom. The number of carbonyl (C=O) groups is 1. The predicted molar refractivity (Wildman–Crippen MR) is 123 cm³/mol. The van der Waals surface area contributed by atoms with E-state index in [4.69, 9.17) is 0 Å². The average molecular weight is 420 g/mol. The van der Waals surface area contributed by atoms with Crippen molar-refractivity contribution < 1.29 is 4.79 Å². The molecule has 3 heterocycles. The number of carbonyl (C=O) groups excluding carboxylic acids is 1. The van der Waals surface area contributed by atoms with E-state index in [1.807, 2.05) is 53.6 Å². The Kier molecular flexibility index (Phi) is 6.09. The van der Waals surface area contributed by atoms with Crippen molar-refractivity contribution in [3.8, 4) is 0 Å². The van der Waals surface area contributed by atoms with Gasteiger partial charge in [-0.05, 0) is 43.5 Å². The lowest BCUT2D eigenvalue weighted by molar-refractivity contribution is -0.126. The number of hydrogen-bond acceptors (Lipinski definition) is 6. The molecule has 2 aromatic heterocycles. The van der Waals surface area contributed by atoms with Crippen LogP contribution in [0.5, 0.6) is 0 Å². The number of anilines is 3. The highest BCUT2D eigenvalue weighted by atomic mass is 32.1. The van der Waals surface area contributed by atoms with Crippen LogP contribution in [0, 0.1) is 13.8 Å². The first-order valence-electron chi connectivity index (χ1n) is 10.0. The molecule has 0 spiro atoms. The van der Waals surface area contributed by atoms with Crippen LogP contribution in [0.4, 0.5) is 17.3 Å². The molecule has 1 saturated heterocycles. The molecule has 7 heteroatoms. The molecule has 1 N–H and O–H groups in total. The Hall–Kier alpha value is -3.19. The Balaban J connectivity index is 1.38. The minimum Gasteiger partial charge on any atom is -0.353 e. The van der Waals surface area contributed by atoms with E-state index in [-0.39, 0.29) is 5.91 Å². The summed E-state index contributed by atoms with van der Waals surface area (Å²) < 4.78 is 0. The molecule has 1 aromatic carbocycles. The van der Waals surface area contributed by atoms with Gasteiger partial charge in [0.25, 0.3) is 0 Å². The van der Waals surface area contributed by atoms with Crippen LogP contribution in [-0.4, -0.2) is 47.0 Å². The molecule has 0 aliphatic carbocycles. The van der Waals surface area contributed by atoms with Gasteiger partial charge in [0.1, 0.15) is 17.5 Å². The van der Waals surface area contributed by atoms with Crippen LogP contribution < -0.4 is 10.2 Å². The van der Waals surface area contributed by atoms with Gasteiger partial charge in [-0.25, -0.2) is 9.97 Å². The molecule has 154 valence electrons. The second kappa shape index (κ2) is 9.09. The van der Waals surface area contributed by atoms with E-state index >= 15 is 0 Å². The number of nitrogens with zero attached hydrogens (tertiary/aromatic N) is 4. The normalized spacial score (nSPS) is 14.3. The van der Waals surface area contributed by atoms with Crippen LogP contribution in [0.25, 0.3) is 6.08 Å². The minimum absolute atomic E-state index is 0.0589. The van der Waals surface area contributed by atoms with Gasteiger partial charge in [-0.3, -0.25) is 4.79 Å². The number of rotatable bonds is 5. The maximum Gasteiger partial charge on any atom is 0.246 e. The van der Waals surface area contributed by atoms with E-state index in [1.165, 1.54) is 5.56 Å². The fourth-order valence-corrected chi connectivity index (χ4v) is 3.98. The van der Waals surface area contributed by atoms with Crippen LogP contribution >= 0.6 is 11.3 Å². The molecule has 1 aliphatic rings. The van der Waals surface area contributed by atoms with E-state index in [9.17, 15) is 4.79 Å². The Bertz CT molecular complexity index is 1020. The zero-order valence-electron chi connectivity index (χ0n) is 17.2. The summed E-state index contributed by atoms with van der Waals surface area (Å²) >= 11 is 1.63.